The van der Waals surface area contributed by atoms with Crippen molar-refractivity contribution in [2.24, 2.45) is 0 Å². The zero-order valence-corrected chi connectivity index (χ0v) is 13.6. The van der Waals surface area contributed by atoms with Gasteiger partial charge in [0.25, 0.3) is 0 Å². The first kappa shape index (κ1) is 15.1. The molecule has 0 aliphatic carbocycles. The van der Waals surface area contributed by atoms with Crippen LogP contribution in [0, 0.1) is 0 Å². The van der Waals surface area contributed by atoms with Gasteiger partial charge in [0.2, 0.25) is 0 Å². The summed E-state index contributed by atoms with van der Waals surface area (Å²) in [6.45, 7) is 6.33. The van der Waals surface area contributed by atoms with Gasteiger partial charge in [-0.25, -0.2) is 0 Å². The minimum absolute atomic E-state index is 0.349. The Kier molecular flexibility index (Phi) is 4.48. The Balaban J connectivity index is 1.71. The molecule has 4 heteroatoms. The SMILES string of the molecule is COc1ccc(CN2CCCC2c2cc(C(C)C)no2)cc1. The summed E-state index contributed by atoms with van der Waals surface area (Å²) in [6, 6.07) is 10.8. The summed E-state index contributed by atoms with van der Waals surface area (Å²) in [6.07, 6.45) is 2.35. The number of rotatable bonds is 5. The van der Waals surface area contributed by atoms with Crippen LogP contribution >= 0.6 is 0 Å². The molecule has 0 bridgehead atoms. The summed E-state index contributed by atoms with van der Waals surface area (Å²) in [7, 11) is 1.70. The molecule has 3 rings (SSSR count). The van der Waals surface area contributed by atoms with Gasteiger partial charge in [-0.1, -0.05) is 31.1 Å². The van der Waals surface area contributed by atoms with Gasteiger partial charge >= 0.3 is 0 Å². The van der Waals surface area contributed by atoms with E-state index in [0.29, 0.717) is 12.0 Å². The summed E-state index contributed by atoms with van der Waals surface area (Å²) in [5.41, 5.74) is 2.35. The second-order valence-electron chi connectivity index (χ2n) is 6.29. The van der Waals surface area contributed by atoms with Crippen LogP contribution in [-0.4, -0.2) is 23.7 Å². The average molecular weight is 300 g/mol. The molecule has 1 unspecified atom stereocenters. The zero-order chi connectivity index (χ0) is 15.5. The molecule has 1 saturated heterocycles. The first-order valence-electron chi connectivity index (χ1n) is 8.01. The first-order chi connectivity index (χ1) is 10.7. The van der Waals surface area contributed by atoms with E-state index >= 15 is 0 Å². The molecular weight excluding hydrogens is 276 g/mol. The predicted octanol–water partition coefficient (Wildman–Crippen LogP) is 4.14. The summed E-state index contributed by atoms with van der Waals surface area (Å²) >= 11 is 0. The number of hydrogen-bond donors (Lipinski definition) is 0. The Morgan fingerprint density at radius 1 is 1.32 bits per heavy atom. The number of nitrogens with zero attached hydrogens (tertiary/aromatic N) is 2. The van der Waals surface area contributed by atoms with Crippen LogP contribution in [0.25, 0.3) is 0 Å². The highest BCUT2D eigenvalue weighted by molar-refractivity contribution is 5.27. The average Bonchev–Trinajstić information content (AvgIpc) is 3.16. The van der Waals surface area contributed by atoms with Crippen molar-refractivity contribution in [1.29, 1.82) is 0 Å². The van der Waals surface area contributed by atoms with Gasteiger partial charge in [-0.2, -0.15) is 0 Å². The molecule has 2 heterocycles. The third kappa shape index (κ3) is 3.17. The third-order valence-electron chi connectivity index (χ3n) is 4.37. The van der Waals surface area contributed by atoms with E-state index in [2.05, 4.69) is 42.1 Å². The van der Waals surface area contributed by atoms with Crippen molar-refractivity contribution >= 4 is 0 Å². The lowest BCUT2D eigenvalue weighted by Gasteiger charge is -2.22. The number of ether oxygens (including phenoxy) is 1. The number of likely N-dealkylation sites (tertiary alicyclic amines) is 1. The molecule has 1 atom stereocenters. The Hall–Kier alpha value is -1.81. The lowest BCUT2D eigenvalue weighted by atomic mass is 10.1. The van der Waals surface area contributed by atoms with E-state index in [4.69, 9.17) is 9.26 Å². The monoisotopic (exact) mass is 300 g/mol. The molecule has 0 saturated carbocycles. The molecule has 118 valence electrons. The van der Waals surface area contributed by atoms with Crippen LogP contribution in [0.2, 0.25) is 0 Å². The minimum Gasteiger partial charge on any atom is -0.497 e. The van der Waals surface area contributed by atoms with Crippen molar-refractivity contribution in [3.05, 3.63) is 47.3 Å². The van der Waals surface area contributed by atoms with E-state index in [1.165, 1.54) is 12.0 Å². The van der Waals surface area contributed by atoms with E-state index in [1.54, 1.807) is 7.11 Å². The van der Waals surface area contributed by atoms with Gasteiger partial charge in [0, 0.05) is 12.6 Å². The molecular formula is C18H24N2O2. The molecule has 2 aromatic rings. The number of aromatic nitrogens is 1. The normalized spacial score (nSPS) is 19.0. The molecule has 22 heavy (non-hydrogen) atoms. The lowest BCUT2D eigenvalue weighted by Crippen LogP contribution is -2.22. The molecule has 1 aromatic carbocycles. The van der Waals surface area contributed by atoms with Gasteiger partial charge < -0.3 is 9.26 Å². The van der Waals surface area contributed by atoms with Gasteiger partial charge in [-0.05, 0) is 43.0 Å². The highest BCUT2D eigenvalue weighted by Crippen LogP contribution is 2.34. The molecule has 1 aliphatic heterocycles. The second-order valence-corrected chi connectivity index (χ2v) is 6.29. The Bertz CT molecular complexity index is 604. The minimum atomic E-state index is 0.349. The predicted molar refractivity (Wildman–Crippen MR) is 86.0 cm³/mol. The van der Waals surface area contributed by atoms with Crippen molar-refractivity contribution in [3.63, 3.8) is 0 Å². The highest BCUT2D eigenvalue weighted by Gasteiger charge is 2.29. The largest absolute Gasteiger partial charge is 0.497 e. The summed E-state index contributed by atoms with van der Waals surface area (Å²) in [5, 5.41) is 4.21. The second kappa shape index (κ2) is 6.53. The van der Waals surface area contributed by atoms with E-state index < -0.39 is 0 Å². The maximum atomic E-state index is 5.60. The molecule has 0 N–H and O–H groups in total. The first-order valence-corrected chi connectivity index (χ1v) is 8.01. The smallest absolute Gasteiger partial charge is 0.154 e. The molecule has 1 aliphatic rings. The van der Waals surface area contributed by atoms with E-state index in [9.17, 15) is 0 Å². The maximum absolute atomic E-state index is 5.60. The van der Waals surface area contributed by atoms with E-state index in [-0.39, 0.29) is 0 Å². The van der Waals surface area contributed by atoms with Crippen LogP contribution < -0.4 is 4.74 Å². The summed E-state index contributed by atoms with van der Waals surface area (Å²) in [5.74, 6) is 2.32. The molecule has 1 fully saturated rings. The van der Waals surface area contributed by atoms with E-state index in [0.717, 1.165) is 36.7 Å². The lowest BCUT2D eigenvalue weighted by molar-refractivity contribution is 0.206. The quantitative estimate of drug-likeness (QED) is 0.831. The summed E-state index contributed by atoms with van der Waals surface area (Å²) < 4.78 is 10.8. The van der Waals surface area contributed by atoms with E-state index in [1.807, 2.05) is 12.1 Å². The number of methoxy groups -OCH3 is 1. The molecule has 4 nitrogen and oxygen atoms in total. The third-order valence-corrected chi connectivity index (χ3v) is 4.37. The standard InChI is InChI=1S/C18H24N2O2/c1-13(2)16-11-18(22-19-16)17-5-4-10-20(17)12-14-6-8-15(21-3)9-7-14/h6-9,11,13,17H,4-5,10,12H2,1-3H3. The van der Waals surface area contributed by atoms with Crippen molar-refractivity contribution < 1.29 is 9.26 Å². The molecule has 0 radical (unpaired) electrons. The number of hydrogen-bond acceptors (Lipinski definition) is 4. The van der Waals surface area contributed by atoms with Gasteiger partial charge in [-0.3, -0.25) is 4.90 Å². The Morgan fingerprint density at radius 2 is 2.09 bits per heavy atom. The van der Waals surface area contributed by atoms with Crippen LogP contribution in [0.1, 0.15) is 55.7 Å². The fraction of sp³-hybridized carbons (Fsp3) is 0.500. The fourth-order valence-corrected chi connectivity index (χ4v) is 3.04. The highest BCUT2D eigenvalue weighted by atomic mass is 16.5. The van der Waals surface area contributed by atoms with Crippen LogP contribution in [0.5, 0.6) is 5.75 Å². The summed E-state index contributed by atoms with van der Waals surface area (Å²) in [4.78, 5) is 2.48. The number of benzene rings is 1. The Morgan fingerprint density at radius 3 is 2.73 bits per heavy atom. The fourth-order valence-electron chi connectivity index (χ4n) is 3.04. The maximum Gasteiger partial charge on any atom is 0.154 e. The molecule has 0 amide bonds. The van der Waals surface area contributed by atoms with Crippen LogP contribution in [0.4, 0.5) is 0 Å². The van der Waals surface area contributed by atoms with Crippen LogP contribution in [0.15, 0.2) is 34.9 Å². The van der Waals surface area contributed by atoms with Crippen LogP contribution in [-0.2, 0) is 6.54 Å². The van der Waals surface area contributed by atoms with Crippen LogP contribution in [0.3, 0.4) is 0 Å². The van der Waals surface area contributed by atoms with Gasteiger partial charge in [0.05, 0.1) is 18.8 Å². The topological polar surface area (TPSA) is 38.5 Å². The van der Waals surface area contributed by atoms with Crippen molar-refractivity contribution in [2.45, 2.75) is 45.2 Å². The molecule has 0 spiro atoms. The molecule has 1 aromatic heterocycles. The van der Waals surface area contributed by atoms with Gasteiger partial charge in [-0.15, -0.1) is 0 Å². The van der Waals surface area contributed by atoms with Gasteiger partial charge in [0.1, 0.15) is 5.75 Å². The van der Waals surface area contributed by atoms with Gasteiger partial charge in [0.15, 0.2) is 5.76 Å². The van der Waals surface area contributed by atoms with Crippen molar-refractivity contribution in [3.8, 4) is 5.75 Å². The zero-order valence-electron chi connectivity index (χ0n) is 13.6. The van der Waals surface area contributed by atoms with Crippen molar-refractivity contribution in [1.82, 2.24) is 10.1 Å². The Labute approximate surface area is 132 Å². The van der Waals surface area contributed by atoms with Crippen molar-refractivity contribution in [2.75, 3.05) is 13.7 Å².